The van der Waals surface area contributed by atoms with Gasteiger partial charge in [-0.3, -0.25) is 19.2 Å². The second-order valence-electron chi connectivity index (χ2n) is 20.0. The molecule has 14 nitrogen and oxygen atoms in total. The van der Waals surface area contributed by atoms with Gasteiger partial charge in [-0.1, -0.05) is 71.1 Å². The predicted octanol–water partition coefficient (Wildman–Crippen LogP) is 7.49. The smallest absolute Gasteiger partial charge is 0.329 e. The van der Waals surface area contributed by atoms with E-state index in [0.717, 1.165) is 24.8 Å². The molecule has 14 heteroatoms. The summed E-state index contributed by atoms with van der Waals surface area (Å²) in [6, 6.07) is -1.11. The van der Waals surface area contributed by atoms with E-state index in [1.807, 2.05) is 58.1 Å². The molecule has 0 spiro atoms. The van der Waals surface area contributed by atoms with Crippen molar-refractivity contribution in [2.75, 3.05) is 42.1 Å². The van der Waals surface area contributed by atoms with E-state index in [0.29, 0.717) is 50.5 Å². The number of piperidine rings is 1. The van der Waals surface area contributed by atoms with Gasteiger partial charge in [0.15, 0.2) is 5.78 Å². The number of hydrogen-bond acceptors (Lipinski definition) is 13. The fourth-order valence-corrected chi connectivity index (χ4v) is 10.7. The summed E-state index contributed by atoms with van der Waals surface area (Å²) in [4.78, 5) is 72.5. The van der Waals surface area contributed by atoms with E-state index in [1.165, 1.54) is 19.1 Å². The van der Waals surface area contributed by atoms with E-state index >= 15 is 0 Å². The van der Waals surface area contributed by atoms with Crippen LogP contribution in [0.4, 0.5) is 0 Å². The third-order valence-corrected chi connectivity index (χ3v) is 15.0. The molecule has 1 saturated carbocycles. The number of cyclic esters (lactones) is 1. The molecule has 4 rings (SSSR count). The van der Waals surface area contributed by atoms with Gasteiger partial charge >= 0.3 is 5.97 Å². The number of rotatable bonds is 8. The minimum atomic E-state index is -2.41. The summed E-state index contributed by atoms with van der Waals surface area (Å²) in [5.41, 5.74) is 1.56. The maximum absolute atomic E-state index is 14.5. The average molecular weight is 942 g/mol. The Morgan fingerprint density at radius 2 is 1.48 bits per heavy atom. The maximum Gasteiger partial charge on any atom is 0.329 e. The van der Waals surface area contributed by atoms with Crippen molar-refractivity contribution in [2.24, 2.45) is 35.5 Å². The zero-order chi connectivity index (χ0) is 49.6. The lowest BCUT2D eigenvalue weighted by Gasteiger charge is -2.42. The van der Waals surface area contributed by atoms with Crippen molar-refractivity contribution in [2.45, 2.75) is 180 Å². The first-order chi connectivity index (χ1) is 31.8. The van der Waals surface area contributed by atoms with Crippen molar-refractivity contribution in [1.82, 2.24) is 4.90 Å². The summed E-state index contributed by atoms with van der Waals surface area (Å²) >= 11 is 0. The topological polar surface area (TPSA) is 173 Å². The second kappa shape index (κ2) is 26.6. The number of ether oxygens (including phenoxy) is 7. The highest BCUT2D eigenvalue weighted by molar-refractivity contribution is 6.39. The van der Waals surface area contributed by atoms with Crippen molar-refractivity contribution in [3.63, 3.8) is 0 Å². The SMILES string of the molecule is COC1CC2CC[C@@H](C)C(O)(O2)C(=O)C(=O)N2CCCCC2C(=O)OC(C(C)CC2CCC(OC)C(OC)C2)CC(=O)C(C)/C=C(\C)C(OC)C(OC)C(=O)C(C)CC(C)/C=C/C=CC=C1C. The molecule has 0 radical (unpaired) electrons. The van der Waals surface area contributed by atoms with Crippen LogP contribution in [0.2, 0.25) is 0 Å². The number of ketones is 3. The normalized spacial score (nSPS) is 38.3. The van der Waals surface area contributed by atoms with Gasteiger partial charge in [0.1, 0.15) is 30.1 Å². The molecule has 1 aliphatic carbocycles. The van der Waals surface area contributed by atoms with Gasteiger partial charge in [-0.05, 0) is 107 Å². The summed E-state index contributed by atoms with van der Waals surface area (Å²) in [6.45, 7) is 13.2. The number of nitrogens with zero attached hydrogens (tertiary/aromatic N) is 1. The molecule has 0 aromatic rings. The van der Waals surface area contributed by atoms with Crippen molar-refractivity contribution in [3.8, 4) is 0 Å². The largest absolute Gasteiger partial charge is 0.460 e. The van der Waals surface area contributed by atoms with Crippen molar-refractivity contribution in [1.29, 1.82) is 0 Å². The number of methoxy groups -OCH3 is 5. The standard InChI is InChI=1S/C53H83NO13/c1-32-18-14-13-15-19-33(2)44(62-9)30-40-23-21-38(7)53(60,67-40)50(57)51(58)54-25-17-16-20-41(54)52(59)66-45(35(4)28-39-22-24-43(61-8)46(29-39)63-10)31-42(55)34(3)27-37(6)48(64-11)49(65-12)47(56)36(5)26-32/h13-15,18-19,27,32,34-36,38-41,43-46,48-49,60H,16-17,20-26,28-31H2,1-12H3/b15-13?,18-14+,33-19?,37-27+/t32?,34?,35?,36?,38-,39?,40?,41?,43?,44?,45?,46?,48?,49?,53?/m1/s1. The zero-order valence-corrected chi connectivity index (χ0v) is 42.5. The third kappa shape index (κ3) is 14.8. The molecule has 1 amide bonds. The van der Waals surface area contributed by atoms with Crippen LogP contribution >= 0.6 is 0 Å². The summed E-state index contributed by atoms with van der Waals surface area (Å²) in [6.07, 6.45) is 14.1. The van der Waals surface area contributed by atoms with Crippen LogP contribution in [0.15, 0.2) is 47.6 Å². The molecule has 4 aliphatic rings. The van der Waals surface area contributed by atoms with Crippen LogP contribution in [-0.4, -0.2) is 136 Å². The number of aliphatic hydroxyl groups is 1. The molecular weight excluding hydrogens is 859 g/mol. The van der Waals surface area contributed by atoms with Crippen LogP contribution in [0.25, 0.3) is 0 Å². The molecule has 3 aliphatic heterocycles. The molecular formula is C53H83NO13. The van der Waals surface area contributed by atoms with Crippen LogP contribution in [0.1, 0.15) is 126 Å². The molecule has 14 unspecified atom stereocenters. The van der Waals surface area contributed by atoms with Crippen LogP contribution in [0.3, 0.4) is 0 Å². The number of carbonyl (C=O) groups is 5. The highest BCUT2D eigenvalue weighted by Gasteiger charge is 2.53. The number of allylic oxidation sites excluding steroid dienone is 6. The molecule has 0 aromatic heterocycles. The minimum absolute atomic E-state index is 0.0234. The summed E-state index contributed by atoms with van der Waals surface area (Å²) in [7, 11) is 7.96. The monoisotopic (exact) mass is 942 g/mol. The molecule has 378 valence electrons. The minimum Gasteiger partial charge on any atom is -0.460 e. The van der Waals surface area contributed by atoms with Crippen LogP contribution < -0.4 is 0 Å². The number of Topliss-reactive ketones (excluding diaryl/α,β-unsaturated/α-hetero) is 3. The maximum atomic E-state index is 14.5. The van der Waals surface area contributed by atoms with Gasteiger partial charge in [0.05, 0.1) is 24.4 Å². The van der Waals surface area contributed by atoms with Crippen molar-refractivity contribution >= 4 is 29.2 Å². The highest BCUT2D eigenvalue weighted by Crippen LogP contribution is 2.38. The molecule has 2 saturated heterocycles. The van der Waals surface area contributed by atoms with Gasteiger partial charge in [0.2, 0.25) is 5.79 Å². The van der Waals surface area contributed by atoms with Crippen LogP contribution in [0, 0.1) is 35.5 Å². The first kappa shape index (κ1) is 56.2. The Labute approximate surface area is 400 Å². The molecule has 3 heterocycles. The van der Waals surface area contributed by atoms with Gasteiger partial charge in [-0.2, -0.15) is 0 Å². The number of carbonyl (C=O) groups excluding carboxylic acids is 5. The highest BCUT2D eigenvalue weighted by atomic mass is 16.6. The Bertz CT molecular complexity index is 1790. The quantitative estimate of drug-likeness (QED) is 0.144. The fraction of sp³-hybridized carbons (Fsp3) is 0.755. The summed E-state index contributed by atoms with van der Waals surface area (Å²) < 4.78 is 41.5. The molecule has 3 fully saturated rings. The molecule has 15 atom stereocenters. The zero-order valence-electron chi connectivity index (χ0n) is 42.5. The second-order valence-corrected chi connectivity index (χ2v) is 20.0. The Morgan fingerprint density at radius 3 is 2.13 bits per heavy atom. The van der Waals surface area contributed by atoms with Crippen LogP contribution in [-0.2, 0) is 57.1 Å². The van der Waals surface area contributed by atoms with Gasteiger partial charge in [-0.15, -0.1) is 0 Å². The number of fused-ring (bicyclic) bond motifs is 3. The number of hydrogen-bond donors (Lipinski definition) is 1. The summed E-state index contributed by atoms with van der Waals surface area (Å²) in [5, 5.41) is 12.0. The van der Waals surface area contributed by atoms with Gasteiger partial charge in [-0.25, -0.2) is 4.79 Å². The third-order valence-electron chi connectivity index (χ3n) is 15.0. The van der Waals surface area contributed by atoms with E-state index in [2.05, 4.69) is 6.92 Å². The van der Waals surface area contributed by atoms with Crippen LogP contribution in [0.5, 0.6) is 0 Å². The molecule has 1 N–H and O–H groups in total. The van der Waals surface area contributed by atoms with E-state index < -0.39 is 71.8 Å². The molecule has 2 bridgehead atoms. The predicted molar refractivity (Wildman–Crippen MR) is 255 cm³/mol. The molecule has 67 heavy (non-hydrogen) atoms. The lowest BCUT2D eigenvalue weighted by atomic mass is 9.78. The van der Waals surface area contributed by atoms with E-state index in [-0.39, 0.29) is 66.8 Å². The Hall–Kier alpha value is -3.37. The molecule has 0 aromatic carbocycles. The Balaban J connectivity index is 1.72. The van der Waals surface area contributed by atoms with Gasteiger partial charge < -0.3 is 43.2 Å². The van der Waals surface area contributed by atoms with E-state index in [4.69, 9.17) is 33.2 Å². The van der Waals surface area contributed by atoms with E-state index in [1.54, 1.807) is 41.3 Å². The van der Waals surface area contributed by atoms with E-state index in [9.17, 15) is 29.1 Å². The first-order valence-electron chi connectivity index (χ1n) is 24.7. The number of esters is 1. The fourth-order valence-electron chi connectivity index (χ4n) is 10.7. The lowest BCUT2D eigenvalue weighted by molar-refractivity contribution is -0.265. The lowest BCUT2D eigenvalue weighted by Crippen LogP contribution is -2.61. The van der Waals surface area contributed by atoms with Crippen molar-refractivity contribution < 1.29 is 62.2 Å². The number of amides is 1. The van der Waals surface area contributed by atoms with Gasteiger partial charge in [0.25, 0.3) is 11.7 Å². The Kier molecular flexibility index (Phi) is 22.3. The van der Waals surface area contributed by atoms with Gasteiger partial charge in [0, 0.05) is 72.7 Å². The summed E-state index contributed by atoms with van der Waals surface area (Å²) in [5.74, 6) is -7.20. The average Bonchev–Trinajstić information content (AvgIpc) is 3.31. The van der Waals surface area contributed by atoms with Crippen molar-refractivity contribution in [3.05, 3.63) is 47.6 Å². The Morgan fingerprint density at radius 1 is 0.776 bits per heavy atom. The first-order valence-corrected chi connectivity index (χ1v) is 24.7.